The number of anilines is 1. The van der Waals surface area contributed by atoms with E-state index in [9.17, 15) is 4.79 Å². The first kappa shape index (κ1) is 23.2. The van der Waals surface area contributed by atoms with Gasteiger partial charge in [0.25, 0.3) is 0 Å². The molecule has 0 saturated carbocycles. The van der Waals surface area contributed by atoms with Crippen LogP contribution in [-0.2, 0) is 17.9 Å². The highest BCUT2D eigenvalue weighted by atomic mass is 32.2. The van der Waals surface area contributed by atoms with Crippen LogP contribution in [0.25, 0.3) is 11.0 Å². The van der Waals surface area contributed by atoms with Gasteiger partial charge in [-0.3, -0.25) is 4.79 Å². The van der Waals surface area contributed by atoms with E-state index in [0.717, 1.165) is 40.8 Å². The largest absolute Gasteiger partial charge is 0.454 e. The average molecular weight is 471 g/mol. The van der Waals surface area contributed by atoms with E-state index in [4.69, 9.17) is 20.2 Å². The van der Waals surface area contributed by atoms with Gasteiger partial charge in [-0.2, -0.15) is 0 Å². The van der Waals surface area contributed by atoms with Crippen LogP contribution in [-0.4, -0.2) is 40.3 Å². The molecule has 3 aromatic rings. The summed E-state index contributed by atoms with van der Waals surface area (Å²) in [5.41, 5.74) is 8.88. The summed E-state index contributed by atoms with van der Waals surface area (Å²) >= 11 is 1.51. The Balaban J connectivity index is 1.66. The molecule has 1 aromatic carbocycles. The number of aromatic nitrogens is 3. The zero-order valence-corrected chi connectivity index (χ0v) is 20.2. The molecule has 0 saturated heterocycles. The van der Waals surface area contributed by atoms with Gasteiger partial charge >= 0.3 is 0 Å². The molecule has 0 fully saturated rings. The molecule has 0 unspecified atom stereocenters. The number of nitrogens with one attached hydrogen (secondary N) is 2. The fourth-order valence-electron chi connectivity index (χ4n) is 3.52. The topological polar surface area (TPSA) is 116 Å². The number of nitrogens with zero attached hydrogens (tertiary/aromatic N) is 3. The van der Waals surface area contributed by atoms with Crippen LogP contribution in [0.3, 0.4) is 0 Å². The first-order chi connectivity index (χ1) is 15.7. The molecule has 1 aliphatic rings. The van der Waals surface area contributed by atoms with Crippen LogP contribution in [0, 0.1) is 5.41 Å². The summed E-state index contributed by atoms with van der Waals surface area (Å²) in [4.78, 5) is 21.5. The maximum atomic E-state index is 11.5. The van der Waals surface area contributed by atoms with Crippen molar-refractivity contribution in [3.63, 3.8) is 0 Å². The van der Waals surface area contributed by atoms with Gasteiger partial charge in [-0.1, -0.05) is 32.5 Å². The highest BCUT2D eigenvalue weighted by Crippen LogP contribution is 2.41. The number of benzene rings is 1. The Hall–Kier alpha value is -2.98. The summed E-state index contributed by atoms with van der Waals surface area (Å²) in [5.74, 6) is 1.66. The van der Waals surface area contributed by atoms with Crippen LogP contribution in [0.15, 0.2) is 34.4 Å². The lowest BCUT2D eigenvalue weighted by atomic mass is 9.97. The van der Waals surface area contributed by atoms with E-state index in [-0.39, 0.29) is 18.1 Å². The zero-order chi connectivity index (χ0) is 23.6. The molecule has 0 aliphatic carbocycles. The third-order valence-electron chi connectivity index (χ3n) is 5.11. The Bertz CT molecular complexity index is 1170. The standard InChI is InChI=1S/C23H30N6O3S/c1-14(30)27-11-15-9-17-18(32-13-31-17)10-19(15)33-22-28-20-16(5-6-26-21(20)24)29(22)8-7-25-12-23(2,3)4/h5-6,9-10,25H,7-8,11-13H2,1-4H3,(H2,24,26)(H,27,30). The highest BCUT2D eigenvalue weighted by molar-refractivity contribution is 7.99. The lowest BCUT2D eigenvalue weighted by Gasteiger charge is -2.19. The Labute approximate surface area is 197 Å². The number of nitrogen functional groups attached to an aromatic ring is 1. The normalized spacial score (nSPS) is 13.0. The Morgan fingerprint density at radius 3 is 2.76 bits per heavy atom. The molecule has 0 spiro atoms. The number of hydrogen-bond donors (Lipinski definition) is 3. The predicted octanol–water partition coefficient (Wildman–Crippen LogP) is 3.17. The third-order valence-corrected chi connectivity index (χ3v) is 6.21. The maximum Gasteiger partial charge on any atom is 0.231 e. The van der Waals surface area contributed by atoms with Gasteiger partial charge in [-0.25, -0.2) is 9.97 Å². The van der Waals surface area contributed by atoms with Crippen LogP contribution in [0.4, 0.5) is 5.82 Å². The number of carbonyl (C=O) groups is 1. The number of pyridine rings is 1. The molecular weight excluding hydrogens is 440 g/mol. The summed E-state index contributed by atoms with van der Waals surface area (Å²) in [5, 5.41) is 7.19. The zero-order valence-electron chi connectivity index (χ0n) is 19.4. The Morgan fingerprint density at radius 2 is 2.03 bits per heavy atom. The van der Waals surface area contributed by atoms with E-state index in [2.05, 4.69) is 41.0 Å². The number of hydrogen-bond acceptors (Lipinski definition) is 8. The molecule has 2 aromatic heterocycles. The summed E-state index contributed by atoms with van der Waals surface area (Å²) in [6, 6.07) is 5.78. The molecule has 1 aliphatic heterocycles. The number of amides is 1. The number of ether oxygens (including phenoxy) is 2. The fraction of sp³-hybridized carbons (Fsp3) is 0.435. The van der Waals surface area contributed by atoms with Gasteiger partial charge in [0.1, 0.15) is 5.52 Å². The van der Waals surface area contributed by atoms with Gasteiger partial charge in [0, 0.05) is 44.2 Å². The first-order valence-electron chi connectivity index (χ1n) is 10.9. The number of fused-ring (bicyclic) bond motifs is 2. The minimum Gasteiger partial charge on any atom is -0.454 e. The maximum absolute atomic E-state index is 11.5. The fourth-order valence-corrected chi connectivity index (χ4v) is 4.58. The van der Waals surface area contributed by atoms with Crippen molar-refractivity contribution in [1.29, 1.82) is 0 Å². The Kier molecular flexibility index (Phi) is 6.66. The van der Waals surface area contributed by atoms with Crippen molar-refractivity contribution in [3.05, 3.63) is 30.0 Å². The molecule has 10 heteroatoms. The second-order valence-corrected chi connectivity index (χ2v) is 10.2. The van der Waals surface area contributed by atoms with Gasteiger partial charge < -0.3 is 30.4 Å². The van der Waals surface area contributed by atoms with Crippen molar-refractivity contribution in [2.24, 2.45) is 5.41 Å². The molecule has 0 bridgehead atoms. The molecule has 33 heavy (non-hydrogen) atoms. The summed E-state index contributed by atoms with van der Waals surface area (Å²) in [6.07, 6.45) is 1.70. The van der Waals surface area contributed by atoms with Gasteiger partial charge in [-0.05, 0) is 29.2 Å². The SMILES string of the molecule is CC(=O)NCc1cc2c(cc1Sc1nc3c(N)nccc3n1CCNCC(C)(C)C)OCO2. The lowest BCUT2D eigenvalue weighted by molar-refractivity contribution is -0.119. The minimum absolute atomic E-state index is 0.0976. The number of carbonyl (C=O) groups excluding carboxylic acids is 1. The minimum atomic E-state index is -0.0976. The molecule has 0 atom stereocenters. The summed E-state index contributed by atoms with van der Waals surface area (Å²) in [7, 11) is 0. The van der Waals surface area contributed by atoms with Crippen molar-refractivity contribution in [2.75, 3.05) is 25.6 Å². The van der Waals surface area contributed by atoms with E-state index in [0.29, 0.717) is 29.4 Å². The summed E-state index contributed by atoms with van der Waals surface area (Å²) < 4.78 is 13.3. The average Bonchev–Trinajstić information content (AvgIpc) is 3.33. The molecule has 3 heterocycles. The predicted molar refractivity (Wildman–Crippen MR) is 128 cm³/mol. The number of rotatable bonds is 8. The van der Waals surface area contributed by atoms with Crippen molar-refractivity contribution >= 4 is 34.5 Å². The Morgan fingerprint density at radius 1 is 1.27 bits per heavy atom. The molecule has 9 nitrogen and oxygen atoms in total. The highest BCUT2D eigenvalue weighted by Gasteiger charge is 2.21. The van der Waals surface area contributed by atoms with E-state index < -0.39 is 0 Å². The quantitative estimate of drug-likeness (QED) is 0.430. The van der Waals surface area contributed by atoms with Crippen LogP contribution in [0.2, 0.25) is 0 Å². The third kappa shape index (κ3) is 5.51. The molecule has 1 amide bonds. The van der Waals surface area contributed by atoms with E-state index in [1.165, 1.54) is 18.7 Å². The number of nitrogens with two attached hydrogens (primary N) is 1. The van der Waals surface area contributed by atoms with Crippen LogP contribution >= 0.6 is 11.8 Å². The van der Waals surface area contributed by atoms with Crippen LogP contribution in [0.5, 0.6) is 11.5 Å². The summed E-state index contributed by atoms with van der Waals surface area (Å²) in [6.45, 7) is 11.1. The van der Waals surface area contributed by atoms with Crippen molar-refractivity contribution in [2.45, 2.75) is 50.8 Å². The molecule has 4 N–H and O–H groups in total. The van der Waals surface area contributed by atoms with E-state index in [1.807, 2.05) is 18.2 Å². The first-order valence-corrected chi connectivity index (χ1v) is 11.7. The van der Waals surface area contributed by atoms with Gasteiger partial charge in [0.15, 0.2) is 22.5 Å². The lowest BCUT2D eigenvalue weighted by Crippen LogP contribution is -2.29. The van der Waals surface area contributed by atoms with Gasteiger partial charge in [-0.15, -0.1) is 0 Å². The van der Waals surface area contributed by atoms with E-state index >= 15 is 0 Å². The van der Waals surface area contributed by atoms with Crippen molar-refractivity contribution < 1.29 is 14.3 Å². The molecular formula is C23H30N6O3S. The number of imidazole rings is 1. The molecule has 176 valence electrons. The monoisotopic (exact) mass is 470 g/mol. The second kappa shape index (κ2) is 9.48. The van der Waals surface area contributed by atoms with Gasteiger partial charge in [0.05, 0.1) is 5.52 Å². The molecule has 4 rings (SSSR count). The van der Waals surface area contributed by atoms with Gasteiger partial charge in [0.2, 0.25) is 12.7 Å². The van der Waals surface area contributed by atoms with Crippen molar-refractivity contribution in [1.82, 2.24) is 25.2 Å². The molecule has 0 radical (unpaired) electrons. The van der Waals surface area contributed by atoms with Crippen LogP contribution < -0.4 is 25.8 Å². The van der Waals surface area contributed by atoms with Crippen molar-refractivity contribution in [3.8, 4) is 11.5 Å². The van der Waals surface area contributed by atoms with Crippen LogP contribution in [0.1, 0.15) is 33.3 Å². The smallest absolute Gasteiger partial charge is 0.231 e. The van der Waals surface area contributed by atoms with E-state index in [1.54, 1.807) is 6.20 Å². The second-order valence-electron chi connectivity index (χ2n) is 9.17.